The third kappa shape index (κ3) is 2.35. The predicted molar refractivity (Wildman–Crippen MR) is 76.3 cm³/mol. The van der Waals surface area contributed by atoms with Crippen LogP contribution in [0.15, 0.2) is 23.3 Å². The highest BCUT2D eigenvalue weighted by Crippen LogP contribution is 2.32. The van der Waals surface area contributed by atoms with Crippen LogP contribution in [0.2, 0.25) is 0 Å². The third-order valence-electron chi connectivity index (χ3n) is 3.83. The SMILES string of the molecule is CCCCNc1ccc2c(c1)CC1CC(=O)NN=C21. The second kappa shape index (κ2) is 5.03. The lowest BCUT2D eigenvalue weighted by atomic mass is 9.99. The number of nitrogens with zero attached hydrogens (tertiary/aromatic N) is 1. The second-order valence-corrected chi connectivity index (χ2v) is 5.29. The van der Waals surface area contributed by atoms with Gasteiger partial charge >= 0.3 is 0 Å². The van der Waals surface area contributed by atoms with Gasteiger partial charge in [-0.1, -0.05) is 19.4 Å². The number of hydrogen-bond acceptors (Lipinski definition) is 3. The number of fused-ring (bicyclic) bond motifs is 3. The first-order chi connectivity index (χ1) is 9.28. The van der Waals surface area contributed by atoms with Crippen LogP contribution < -0.4 is 10.7 Å². The summed E-state index contributed by atoms with van der Waals surface area (Å²) in [5.74, 6) is 0.303. The Balaban J connectivity index is 1.79. The molecule has 0 saturated carbocycles. The van der Waals surface area contributed by atoms with Crippen molar-refractivity contribution < 1.29 is 4.79 Å². The largest absolute Gasteiger partial charge is 0.385 e. The molecule has 0 spiro atoms. The van der Waals surface area contributed by atoms with Crippen LogP contribution in [0.25, 0.3) is 0 Å². The predicted octanol–water partition coefficient (Wildman–Crippen LogP) is 2.29. The normalized spacial score (nSPS) is 20.4. The van der Waals surface area contributed by atoms with Gasteiger partial charge in [-0.2, -0.15) is 5.10 Å². The van der Waals surface area contributed by atoms with Gasteiger partial charge in [0.05, 0.1) is 5.71 Å². The first-order valence-corrected chi connectivity index (χ1v) is 7.01. The Morgan fingerprint density at radius 2 is 2.32 bits per heavy atom. The van der Waals surface area contributed by atoms with Crippen LogP contribution in [-0.4, -0.2) is 18.2 Å². The van der Waals surface area contributed by atoms with E-state index in [-0.39, 0.29) is 11.8 Å². The van der Waals surface area contributed by atoms with Crippen LogP contribution in [0.4, 0.5) is 5.69 Å². The fourth-order valence-corrected chi connectivity index (χ4v) is 2.83. The Kier molecular flexibility index (Phi) is 3.23. The van der Waals surface area contributed by atoms with Crippen molar-refractivity contribution in [3.63, 3.8) is 0 Å². The van der Waals surface area contributed by atoms with Gasteiger partial charge in [0.1, 0.15) is 0 Å². The molecular weight excluding hydrogens is 238 g/mol. The van der Waals surface area contributed by atoms with E-state index in [0.29, 0.717) is 6.42 Å². The minimum Gasteiger partial charge on any atom is -0.385 e. The average Bonchev–Trinajstić information content (AvgIpc) is 2.75. The number of hydrazone groups is 1. The molecule has 1 heterocycles. The van der Waals surface area contributed by atoms with Crippen LogP contribution in [-0.2, 0) is 11.2 Å². The summed E-state index contributed by atoms with van der Waals surface area (Å²) in [5.41, 5.74) is 7.31. The molecular formula is C15H19N3O. The molecule has 0 saturated heterocycles. The lowest BCUT2D eigenvalue weighted by molar-refractivity contribution is -0.121. The molecule has 1 aliphatic carbocycles. The van der Waals surface area contributed by atoms with Crippen molar-refractivity contribution in [3.8, 4) is 0 Å². The van der Waals surface area contributed by atoms with Crippen LogP contribution in [0.3, 0.4) is 0 Å². The zero-order valence-corrected chi connectivity index (χ0v) is 11.2. The van der Waals surface area contributed by atoms with Crippen molar-refractivity contribution in [1.29, 1.82) is 0 Å². The minimum atomic E-state index is 0.0304. The topological polar surface area (TPSA) is 53.5 Å². The van der Waals surface area contributed by atoms with Crippen LogP contribution >= 0.6 is 0 Å². The van der Waals surface area contributed by atoms with Crippen LogP contribution in [0.1, 0.15) is 37.3 Å². The van der Waals surface area contributed by atoms with Crippen molar-refractivity contribution in [2.75, 3.05) is 11.9 Å². The second-order valence-electron chi connectivity index (χ2n) is 5.29. The smallest absolute Gasteiger partial charge is 0.240 e. The van der Waals surface area contributed by atoms with Gasteiger partial charge < -0.3 is 5.32 Å². The molecule has 1 aliphatic heterocycles. The van der Waals surface area contributed by atoms with E-state index in [9.17, 15) is 4.79 Å². The van der Waals surface area contributed by atoms with Crippen molar-refractivity contribution >= 4 is 17.3 Å². The lowest BCUT2D eigenvalue weighted by Gasteiger charge is -2.15. The van der Waals surface area contributed by atoms with Gasteiger partial charge in [-0.15, -0.1) is 0 Å². The quantitative estimate of drug-likeness (QED) is 0.813. The molecule has 4 nitrogen and oxygen atoms in total. The number of unbranched alkanes of at least 4 members (excludes halogenated alkanes) is 1. The lowest BCUT2D eigenvalue weighted by Crippen LogP contribution is -2.31. The summed E-state index contributed by atoms with van der Waals surface area (Å²) >= 11 is 0. The zero-order valence-electron chi connectivity index (χ0n) is 11.2. The number of rotatable bonds is 4. The number of nitrogens with one attached hydrogen (secondary N) is 2. The molecule has 1 amide bonds. The molecule has 2 N–H and O–H groups in total. The Hall–Kier alpha value is -1.84. The van der Waals surface area contributed by atoms with Gasteiger partial charge in [0.25, 0.3) is 0 Å². The molecule has 0 aromatic heterocycles. The molecule has 1 atom stereocenters. The van der Waals surface area contributed by atoms with Crippen molar-refractivity contribution in [2.24, 2.45) is 11.0 Å². The highest BCUT2D eigenvalue weighted by atomic mass is 16.2. The van der Waals surface area contributed by atoms with Gasteiger partial charge in [0, 0.05) is 30.1 Å². The van der Waals surface area contributed by atoms with Crippen molar-refractivity contribution in [3.05, 3.63) is 29.3 Å². The van der Waals surface area contributed by atoms with Gasteiger partial charge in [-0.25, -0.2) is 5.43 Å². The Bertz CT molecular complexity index is 536. The number of amides is 1. The summed E-state index contributed by atoms with van der Waals surface area (Å²) in [7, 11) is 0. The monoisotopic (exact) mass is 257 g/mol. The highest BCUT2D eigenvalue weighted by molar-refractivity contribution is 6.09. The van der Waals surface area contributed by atoms with E-state index in [1.54, 1.807) is 0 Å². The summed E-state index contributed by atoms with van der Waals surface area (Å²) < 4.78 is 0. The average molecular weight is 257 g/mol. The molecule has 3 rings (SSSR count). The van der Waals surface area contributed by atoms with E-state index in [1.165, 1.54) is 29.7 Å². The van der Waals surface area contributed by atoms with E-state index < -0.39 is 0 Å². The molecule has 1 aromatic carbocycles. The standard InChI is InChI=1S/C15H19N3O/c1-2-3-6-16-12-4-5-13-10(8-12)7-11-9-14(19)17-18-15(11)13/h4-5,8,11,16H,2-3,6-7,9H2,1H3,(H,17,19). The Morgan fingerprint density at radius 3 is 3.16 bits per heavy atom. The maximum atomic E-state index is 11.4. The zero-order chi connectivity index (χ0) is 13.2. The van der Waals surface area contributed by atoms with Gasteiger partial charge in [-0.3, -0.25) is 4.79 Å². The van der Waals surface area contributed by atoms with E-state index in [4.69, 9.17) is 0 Å². The molecule has 100 valence electrons. The van der Waals surface area contributed by atoms with E-state index in [1.807, 2.05) is 0 Å². The molecule has 0 bridgehead atoms. The summed E-state index contributed by atoms with van der Waals surface area (Å²) in [6.07, 6.45) is 3.88. The maximum Gasteiger partial charge on any atom is 0.240 e. The Labute approximate surface area is 113 Å². The molecule has 1 unspecified atom stereocenters. The van der Waals surface area contributed by atoms with Gasteiger partial charge in [0.15, 0.2) is 0 Å². The molecule has 0 radical (unpaired) electrons. The molecule has 0 fully saturated rings. The summed E-state index contributed by atoms with van der Waals surface area (Å²) in [6, 6.07) is 6.44. The minimum absolute atomic E-state index is 0.0304. The fraction of sp³-hybridized carbons (Fsp3) is 0.467. The Morgan fingerprint density at radius 1 is 1.42 bits per heavy atom. The van der Waals surface area contributed by atoms with Gasteiger partial charge in [0.2, 0.25) is 5.91 Å². The molecule has 19 heavy (non-hydrogen) atoms. The van der Waals surface area contributed by atoms with Gasteiger partial charge in [-0.05, 0) is 30.5 Å². The third-order valence-corrected chi connectivity index (χ3v) is 3.83. The van der Waals surface area contributed by atoms with E-state index in [2.05, 4.69) is 41.0 Å². The molecule has 2 aliphatic rings. The number of hydrogen-bond donors (Lipinski definition) is 2. The maximum absolute atomic E-state index is 11.4. The van der Waals surface area contributed by atoms with Crippen molar-refractivity contribution in [1.82, 2.24) is 5.43 Å². The first-order valence-electron chi connectivity index (χ1n) is 7.01. The van der Waals surface area contributed by atoms with E-state index >= 15 is 0 Å². The van der Waals surface area contributed by atoms with Crippen LogP contribution in [0, 0.1) is 5.92 Å². The van der Waals surface area contributed by atoms with Crippen LogP contribution in [0.5, 0.6) is 0 Å². The van der Waals surface area contributed by atoms with Crippen molar-refractivity contribution in [2.45, 2.75) is 32.6 Å². The number of carbonyl (C=O) groups is 1. The first kappa shape index (κ1) is 12.2. The fourth-order valence-electron chi connectivity index (χ4n) is 2.83. The summed E-state index contributed by atoms with van der Waals surface area (Å²) in [6.45, 7) is 3.21. The highest BCUT2D eigenvalue weighted by Gasteiger charge is 2.33. The summed E-state index contributed by atoms with van der Waals surface area (Å²) in [5, 5.41) is 7.66. The number of benzene rings is 1. The molecule has 4 heteroatoms. The molecule has 1 aromatic rings. The summed E-state index contributed by atoms with van der Waals surface area (Å²) in [4.78, 5) is 11.4. The number of carbonyl (C=O) groups excluding carboxylic acids is 1. The van der Waals surface area contributed by atoms with E-state index in [0.717, 1.165) is 18.7 Å². The number of anilines is 1.